The third-order valence-corrected chi connectivity index (χ3v) is 1.25. The van der Waals surface area contributed by atoms with Crippen molar-refractivity contribution in [3.63, 3.8) is 0 Å². The first kappa shape index (κ1) is 11.7. The van der Waals surface area contributed by atoms with Crippen molar-refractivity contribution < 1.29 is 27.3 Å². The average molecular weight is 207 g/mol. The zero-order chi connectivity index (χ0) is 10.3. The molecule has 0 aromatic carbocycles. The van der Waals surface area contributed by atoms with Crippen molar-refractivity contribution >= 4 is 29.0 Å². The number of nitrogens with zero attached hydrogens (tertiary/aromatic N) is 1. The molecule has 0 saturated carbocycles. The Labute approximate surface area is 74.3 Å². The molecular formula is C5H5NO6S. The molecule has 13 heavy (non-hydrogen) atoms. The second-order valence-electron chi connectivity index (χ2n) is 1.76. The van der Waals surface area contributed by atoms with Crippen molar-refractivity contribution in [1.82, 2.24) is 0 Å². The van der Waals surface area contributed by atoms with Gasteiger partial charge in [-0.15, -0.1) is 4.40 Å². The first-order chi connectivity index (χ1) is 5.99. The summed E-state index contributed by atoms with van der Waals surface area (Å²) in [7, 11) is -4.62. The highest BCUT2D eigenvalue weighted by molar-refractivity contribution is 7.84. The smallest absolute Gasteiger partial charge is 0.402 e. The molecule has 0 fully saturated rings. The van der Waals surface area contributed by atoms with Crippen LogP contribution in [0, 0.1) is 0 Å². The van der Waals surface area contributed by atoms with E-state index in [9.17, 15) is 18.0 Å². The van der Waals surface area contributed by atoms with Crippen molar-refractivity contribution in [1.29, 1.82) is 0 Å². The average Bonchev–Trinajstić information content (AvgIpc) is 1.98. The minimum absolute atomic E-state index is 0.198. The maximum absolute atomic E-state index is 10.1. The number of hydrogen-bond acceptors (Lipinski definition) is 5. The molecule has 0 bridgehead atoms. The van der Waals surface area contributed by atoms with Crippen LogP contribution < -0.4 is 0 Å². The van der Waals surface area contributed by atoms with E-state index >= 15 is 0 Å². The van der Waals surface area contributed by atoms with Gasteiger partial charge in [-0.2, -0.15) is 8.42 Å². The van der Waals surface area contributed by atoms with Gasteiger partial charge in [-0.25, -0.2) is 4.79 Å². The second kappa shape index (κ2) is 5.38. The van der Waals surface area contributed by atoms with Crippen LogP contribution in [0.5, 0.6) is 0 Å². The fraction of sp³-hybridized carbons (Fsp3) is 0.400. The molecule has 7 nitrogen and oxygen atoms in total. The molecule has 0 aliphatic rings. The molecule has 72 valence electrons. The summed E-state index contributed by atoms with van der Waals surface area (Å²) in [6, 6.07) is 0. The largest absolute Gasteiger partial charge is 0.424 e. The zero-order valence-electron chi connectivity index (χ0n) is 6.26. The molecule has 0 spiro atoms. The summed E-state index contributed by atoms with van der Waals surface area (Å²) < 4.78 is 35.0. The first-order valence-corrected chi connectivity index (χ1v) is 4.34. The summed E-state index contributed by atoms with van der Waals surface area (Å²) >= 11 is 0. The van der Waals surface area contributed by atoms with E-state index in [0.29, 0.717) is 0 Å². The Bertz CT molecular complexity index is 305. The lowest BCUT2D eigenvalue weighted by molar-refractivity contribution is 0.428. The Kier molecular flexibility index (Phi) is 4.85. The molecule has 0 aromatic rings. The van der Waals surface area contributed by atoms with Crippen LogP contribution in [0.25, 0.3) is 0 Å². The normalized spacial score (nSPS) is 12.2. The second-order valence-corrected chi connectivity index (χ2v) is 2.84. The van der Waals surface area contributed by atoms with Gasteiger partial charge in [0.25, 0.3) is 0 Å². The molecule has 0 aromatic heterocycles. The predicted molar refractivity (Wildman–Crippen MR) is 40.7 cm³/mol. The summed E-state index contributed by atoms with van der Waals surface area (Å²) in [5, 5.41) is 0. The monoisotopic (exact) mass is 207 g/mol. The maximum Gasteiger partial charge on any atom is 0.424 e. The molecule has 0 atom stereocenters. The van der Waals surface area contributed by atoms with E-state index in [1.807, 2.05) is 0 Å². The van der Waals surface area contributed by atoms with E-state index in [2.05, 4.69) is 9.13 Å². The van der Waals surface area contributed by atoms with E-state index in [1.54, 1.807) is 0 Å². The molecule has 1 N–H and O–H groups in total. The van der Waals surface area contributed by atoms with Gasteiger partial charge in [0.15, 0.2) is 6.29 Å². The minimum atomic E-state index is -4.62. The van der Waals surface area contributed by atoms with E-state index in [-0.39, 0.29) is 12.8 Å². The molecule has 0 unspecified atom stereocenters. The quantitative estimate of drug-likeness (QED) is 0.357. The lowest BCUT2D eigenvalue weighted by Gasteiger charge is -1.96. The number of ether oxygens (including phenoxy) is 1. The summed E-state index contributed by atoms with van der Waals surface area (Å²) in [6.45, 7) is 0.913. The van der Waals surface area contributed by atoms with Crippen LogP contribution in [0.2, 0.25) is 0 Å². The van der Waals surface area contributed by atoms with Crippen LogP contribution >= 0.6 is 0 Å². The first-order valence-electron chi connectivity index (χ1n) is 2.95. The topological polar surface area (TPSA) is 110 Å². The van der Waals surface area contributed by atoms with Crippen molar-refractivity contribution in [3.05, 3.63) is 0 Å². The van der Waals surface area contributed by atoms with Gasteiger partial charge in [0.05, 0.1) is 0 Å². The van der Waals surface area contributed by atoms with Gasteiger partial charge in [-0.3, -0.25) is 9.35 Å². The van der Waals surface area contributed by atoms with Crippen LogP contribution in [-0.4, -0.2) is 31.6 Å². The Morgan fingerprint density at radius 3 is 2.46 bits per heavy atom. The van der Waals surface area contributed by atoms with Gasteiger partial charge in [0.2, 0.25) is 5.90 Å². The fourth-order valence-electron chi connectivity index (χ4n) is 0.450. The van der Waals surface area contributed by atoms with Gasteiger partial charge >= 0.3 is 16.8 Å². The highest BCUT2D eigenvalue weighted by Gasteiger charge is 2.07. The predicted octanol–water partition coefficient (Wildman–Crippen LogP) is -0.839. The molecular weight excluding hydrogens is 202 g/mol. The number of carbonyl (C=O) groups excluding carboxylic acids is 2. The minimum Gasteiger partial charge on any atom is -0.402 e. The van der Waals surface area contributed by atoms with E-state index in [0.717, 1.165) is 6.47 Å². The van der Waals surface area contributed by atoms with Gasteiger partial charge < -0.3 is 4.74 Å². The molecule has 0 rings (SSSR count). The lowest BCUT2D eigenvalue weighted by Crippen LogP contribution is -2.07. The molecule has 0 aliphatic heterocycles. The van der Waals surface area contributed by atoms with Crippen molar-refractivity contribution in [2.24, 2.45) is 4.40 Å². The van der Waals surface area contributed by atoms with E-state index in [4.69, 9.17) is 4.55 Å². The van der Waals surface area contributed by atoms with Crippen LogP contribution in [-0.2, 0) is 24.6 Å². The van der Waals surface area contributed by atoms with Crippen LogP contribution in [0.1, 0.15) is 12.8 Å². The summed E-state index contributed by atoms with van der Waals surface area (Å²) in [6.07, 6.45) is 0.975. The van der Waals surface area contributed by atoms with Gasteiger partial charge in [-0.1, -0.05) is 0 Å². The van der Waals surface area contributed by atoms with Crippen LogP contribution in [0.4, 0.5) is 0 Å². The third-order valence-electron chi connectivity index (χ3n) is 0.818. The standard InChI is InChI=1S/C5H5NO6S/c7-3-1-2-5(12-4-8)6-13(9,10)11/h1-2H2,(H,9,10,11)/b6-5-. The SMILES string of the molecule is O=[C]CC/C(=N/S(=O)(=O)O)O[C]=O. The Hall–Kier alpha value is -1.28. The Morgan fingerprint density at radius 2 is 2.08 bits per heavy atom. The van der Waals surface area contributed by atoms with Gasteiger partial charge in [-0.05, 0) is 0 Å². The summed E-state index contributed by atoms with van der Waals surface area (Å²) in [5.74, 6) is -0.610. The summed E-state index contributed by atoms with van der Waals surface area (Å²) in [4.78, 5) is 19.4. The summed E-state index contributed by atoms with van der Waals surface area (Å²) in [5.41, 5.74) is 0. The molecule has 0 saturated heterocycles. The molecule has 2 radical (unpaired) electrons. The number of rotatable bonds is 5. The van der Waals surface area contributed by atoms with Crippen molar-refractivity contribution in [3.8, 4) is 0 Å². The molecule has 8 heteroatoms. The van der Waals surface area contributed by atoms with E-state index < -0.39 is 16.2 Å². The third kappa shape index (κ3) is 7.09. The zero-order valence-corrected chi connectivity index (χ0v) is 7.07. The van der Waals surface area contributed by atoms with Crippen molar-refractivity contribution in [2.75, 3.05) is 0 Å². The maximum atomic E-state index is 10.1. The lowest BCUT2D eigenvalue weighted by atomic mass is 10.3. The van der Waals surface area contributed by atoms with E-state index in [1.165, 1.54) is 6.29 Å². The van der Waals surface area contributed by atoms with Gasteiger partial charge in [0, 0.05) is 12.8 Å². The Morgan fingerprint density at radius 1 is 1.46 bits per heavy atom. The van der Waals surface area contributed by atoms with Crippen LogP contribution in [0.15, 0.2) is 4.40 Å². The fourth-order valence-corrected chi connectivity index (χ4v) is 0.836. The van der Waals surface area contributed by atoms with Gasteiger partial charge in [0.1, 0.15) is 0 Å². The molecule has 0 aliphatic carbocycles. The van der Waals surface area contributed by atoms with Crippen LogP contribution in [0.3, 0.4) is 0 Å². The molecule has 0 amide bonds. The molecule has 0 heterocycles. The highest BCUT2D eigenvalue weighted by atomic mass is 32.2. The highest BCUT2D eigenvalue weighted by Crippen LogP contribution is 1.96. The Balaban J connectivity index is 4.49. The number of hydrogen-bond donors (Lipinski definition) is 1. The van der Waals surface area contributed by atoms with Crippen molar-refractivity contribution in [2.45, 2.75) is 12.8 Å².